The lowest BCUT2D eigenvalue weighted by Crippen LogP contribution is -2.43. The SMILES string of the molecule is CC1(c2ccc(F)cc2)NC(=O)N(CC(=O)NCc2cccc(OC(F)F)c2)C1=O. The number of ether oxygens (including phenoxy) is 1. The van der Waals surface area contributed by atoms with Crippen LogP contribution in [-0.4, -0.2) is 35.9 Å². The topological polar surface area (TPSA) is 87.7 Å². The van der Waals surface area contributed by atoms with Crippen LogP contribution < -0.4 is 15.4 Å². The van der Waals surface area contributed by atoms with Gasteiger partial charge in [0.05, 0.1) is 0 Å². The van der Waals surface area contributed by atoms with E-state index in [4.69, 9.17) is 0 Å². The molecule has 1 aliphatic rings. The van der Waals surface area contributed by atoms with Gasteiger partial charge < -0.3 is 15.4 Å². The van der Waals surface area contributed by atoms with Crippen LogP contribution in [-0.2, 0) is 21.7 Å². The fraction of sp³-hybridized carbons (Fsp3) is 0.250. The molecule has 0 saturated carbocycles. The quantitative estimate of drug-likeness (QED) is 0.673. The number of rotatable bonds is 7. The summed E-state index contributed by atoms with van der Waals surface area (Å²) in [4.78, 5) is 38.0. The van der Waals surface area contributed by atoms with Gasteiger partial charge in [-0.05, 0) is 42.3 Å². The fourth-order valence-electron chi connectivity index (χ4n) is 3.05. The molecule has 2 N–H and O–H groups in total. The molecule has 1 fully saturated rings. The second kappa shape index (κ2) is 8.44. The number of carbonyl (C=O) groups excluding carboxylic acids is 3. The van der Waals surface area contributed by atoms with E-state index in [0.717, 1.165) is 4.90 Å². The van der Waals surface area contributed by atoms with Gasteiger partial charge in [0.15, 0.2) is 0 Å². The van der Waals surface area contributed by atoms with Gasteiger partial charge >= 0.3 is 12.6 Å². The number of benzene rings is 2. The van der Waals surface area contributed by atoms with Crippen molar-refractivity contribution >= 4 is 17.8 Å². The zero-order chi connectivity index (χ0) is 21.9. The van der Waals surface area contributed by atoms with Crippen molar-refractivity contribution < 1.29 is 32.3 Å². The first-order valence-corrected chi connectivity index (χ1v) is 8.89. The molecule has 1 heterocycles. The highest BCUT2D eigenvalue weighted by atomic mass is 19.3. The van der Waals surface area contributed by atoms with E-state index in [1.807, 2.05) is 0 Å². The molecule has 1 atom stereocenters. The first kappa shape index (κ1) is 21.2. The van der Waals surface area contributed by atoms with Crippen LogP contribution in [0.15, 0.2) is 48.5 Å². The third kappa shape index (κ3) is 4.53. The molecule has 1 unspecified atom stereocenters. The molecule has 2 aromatic carbocycles. The Balaban J connectivity index is 1.62. The molecule has 0 spiro atoms. The highest BCUT2D eigenvalue weighted by Gasteiger charge is 2.49. The molecule has 158 valence electrons. The lowest BCUT2D eigenvalue weighted by Gasteiger charge is -2.22. The van der Waals surface area contributed by atoms with Crippen molar-refractivity contribution in [3.63, 3.8) is 0 Å². The summed E-state index contributed by atoms with van der Waals surface area (Å²) < 4.78 is 42.0. The minimum Gasteiger partial charge on any atom is -0.435 e. The van der Waals surface area contributed by atoms with Gasteiger partial charge in [0.2, 0.25) is 5.91 Å². The van der Waals surface area contributed by atoms with Gasteiger partial charge in [0.25, 0.3) is 5.91 Å². The molecule has 30 heavy (non-hydrogen) atoms. The van der Waals surface area contributed by atoms with Gasteiger partial charge in [0.1, 0.15) is 23.7 Å². The second-order valence-electron chi connectivity index (χ2n) is 6.76. The first-order chi connectivity index (χ1) is 14.2. The maximum atomic E-state index is 13.2. The Labute approximate surface area is 169 Å². The molecular formula is C20H18F3N3O4. The summed E-state index contributed by atoms with van der Waals surface area (Å²) in [5.74, 6) is -1.82. The molecule has 3 rings (SSSR count). The number of amides is 4. The monoisotopic (exact) mass is 421 g/mol. The maximum Gasteiger partial charge on any atom is 0.387 e. The third-order valence-corrected chi connectivity index (χ3v) is 4.61. The minimum atomic E-state index is -2.97. The molecular weight excluding hydrogens is 403 g/mol. The highest BCUT2D eigenvalue weighted by molar-refractivity contribution is 6.09. The number of imide groups is 1. The summed E-state index contributed by atoms with van der Waals surface area (Å²) in [7, 11) is 0. The van der Waals surface area contributed by atoms with Crippen LogP contribution in [0.3, 0.4) is 0 Å². The number of urea groups is 1. The van der Waals surface area contributed by atoms with Gasteiger partial charge in [-0.2, -0.15) is 8.78 Å². The smallest absolute Gasteiger partial charge is 0.387 e. The molecule has 1 aliphatic heterocycles. The van der Waals surface area contributed by atoms with Crippen LogP contribution in [0.4, 0.5) is 18.0 Å². The normalized spacial score (nSPS) is 18.5. The average molecular weight is 421 g/mol. The molecule has 1 saturated heterocycles. The minimum absolute atomic E-state index is 0.0157. The molecule has 0 bridgehead atoms. The second-order valence-corrected chi connectivity index (χ2v) is 6.76. The zero-order valence-corrected chi connectivity index (χ0v) is 15.8. The third-order valence-electron chi connectivity index (χ3n) is 4.61. The van der Waals surface area contributed by atoms with Crippen molar-refractivity contribution in [1.82, 2.24) is 15.5 Å². The Morgan fingerprint density at radius 2 is 1.90 bits per heavy atom. The number of nitrogens with zero attached hydrogens (tertiary/aromatic N) is 1. The number of hydrogen-bond donors (Lipinski definition) is 2. The van der Waals surface area contributed by atoms with E-state index in [0.29, 0.717) is 11.1 Å². The van der Waals surface area contributed by atoms with E-state index in [-0.39, 0.29) is 12.3 Å². The van der Waals surface area contributed by atoms with Crippen LogP contribution in [0, 0.1) is 5.82 Å². The Morgan fingerprint density at radius 3 is 2.57 bits per heavy atom. The maximum absolute atomic E-state index is 13.2. The van der Waals surface area contributed by atoms with Crippen LogP contribution >= 0.6 is 0 Å². The van der Waals surface area contributed by atoms with Crippen molar-refractivity contribution in [2.45, 2.75) is 25.6 Å². The van der Waals surface area contributed by atoms with Gasteiger partial charge in [-0.15, -0.1) is 0 Å². The standard InChI is InChI=1S/C20H18F3N3O4/c1-20(13-5-7-14(21)8-6-13)17(28)26(19(29)25-20)11-16(27)24-10-12-3-2-4-15(9-12)30-18(22)23/h2-9,18H,10-11H2,1H3,(H,24,27)(H,25,29). The summed E-state index contributed by atoms with van der Waals surface area (Å²) in [6.07, 6.45) is 0. The Morgan fingerprint density at radius 1 is 1.20 bits per heavy atom. The van der Waals surface area contributed by atoms with Crippen LogP contribution in [0.2, 0.25) is 0 Å². The van der Waals surface area contributed by atoms with Gasteiger partial charge in [-0.3, -0.25) is 14.5 Å². The van der Waals surface area contributed by atoms with Gasteiger partial charge in [-0.1, -0.05) is 24.3 Å². The van der Waals surface area contributed by atoms with Crippen LogP contribution in [0.25, 0.3) is 0 Å². The van der Waals surface area contributed by atoms with E-state index in [2.05, 4.69) is 15.4 Å². The molecule has 4 amide bonds. The summed E-state index contributed by atoms with van der Waals surface area (Å²) in [6.45, 7) is -2.05. The molecule has 0 aromatic heterocycles. The lowest BCUT2D eigenvalue weighted by atomic mass is 9.92. The molecule has 2 aromatic rings. The van der Waals surface area contributed by atoms with Crippen molar-refractivity contribution in [3.8, 4) is 5.75 Å². The van der Waals surface area contributed by atoms with Crippen molar-refractivity contribution in [2.75, 3.05) is 6.54 Å². The van der Waals surface area contributed by atoms with E-state index < -0.39 is 42.4 Å². The van der Waals surface area contributed by atoms with Gasteiger partial charge in [0, 0.05) is 6.54 Å². The van der Waals surface area contributed by atoms with Crippen molar-refractivity contribution in [3.05, 3.63) is 65.5 Å². The summed E-state index contributed by atoms with van der Waals surface area (Å²) in [6, 6.07) is 10.1. The Kier molecular flexibility index (Phi) is 5.95. The summed E-state index contributed by atoms with van der Waals surface area (Å²) in [5.41, 5.74) is -0.553. The molecule has 10 heteroatoms. The average Bonchev–Trinajstić information content (AvgIpc) is 2.90. The largest absolute Gasteiger partial charge is 0.435 e. The summed E-state index contributed by atoms with van der Waals surface area (Å²) >= 11 is 0. The predicted molar refractivity (Wildman–Crippen MR) is 98.9 cm³/mol. The first-order valence-electron chi connectivity index (χ1n) is 8.89. The number of nitrogens with one attached hydrogen (secondary N) is 2. The number of hydrogen-bond acceptors (Lipinski definition) is 4. The lowest BCUT2D eigenvalue weighted by molar-refractivity contribution is -0.134. The van der Waals surface area contributed by atoms with Crippen LogP contribution in [0.5, 0.6) is 5.75 Å². The fourth-order valence-corrected chi connectivity index (χ4v) is 3.05. The van der Waals surface area contributed by atoms with E-state index >= 15 is 0 Å². The van der Waals surface area contributed by atoms with Crippen molar-refractivity contribution in [1.29, 1.82) is 0 Å². The van der Waals surface area contributed by atoms with E-state index in [9.17, 15) is 27.6 Å². The Bertz CT molecular complexity index is 968. The molecule has 0 aliphatic carbocycles. The number of alkyl halides is 2. The predicted octanol–water partition coefficient (Wildman–Crippen LogP) is 2.51. The van der Waals surface area contributed by atoms with Crippen molar-refractivity contribution in [2.24, 2.45) is 0 Å². The molecule has 0 radical (unpaired) electrons. The molecule has 7 nitrogen and oxygen atoms in total. The Hall–Kier alpha value is -3.56. The number of halogens is 3. The van der Waals surface area contributed by atoms with Gasteiger partial charge in [-0.25, -0.2) is 9.18 Å². The highest BCUT2D eigenvalue weighted by Crippen LogP contribution is 2.28. The zero-order valence-electron chi connectivity index (χ0n) is 15.8. The summed E-state index contributed by atoms with van der Waals surface area (Å²) in [5, 5.41) is 5.03. The number of carbonyl (C=O) groups is 3. The van der Waals surface area contributed by atoms with E-state index in [1.54, 1.807) is 6.07 Å². The van der Waals surface area contributed by atoms with E-state index in [1.165, 1.54) is 49.4 Å². The van der Waals surface area contributed by atoms with Crippen LogP contribution in [0.1, 0.15) is 18.1 Å².